The molecular formula is C20H25BrN2O3. The molecule has 0 unspecified atom stereocenters. The first-order chi connectivity index (χ1) is 12.3. The summed E-state index contributed by atoms with van der Waals surface area (Å²) < 4.78 is 11.6. The van der Waals surface area contributed by atoms with Crippen molar-refractivity contribution in [3.63, 3.8) is 0 Å². The number of likely N-dealkylation sites (N-methyl/N-ethyl adjacent to an activating group) is 1. The maximum atomic E-state index is 12.5. The summed E-state index contributed by atoms with van der Waals surface area (Å²) in [6.45, 7) is 4.56. The number of amides is 2. The van der Waals surface area contributed by atoms with Crippen LogP contribution in [-0.2, 0) is 6.42 Å². The zero-order chi connectivity index (χ0) is 19.3. The highest BCUT2D eigenvalue weighted by molar-refractivity contribution is 9.10. The molecule has 26 heavy (non-hydrogen) atoms. The lowest BCUT2D eigenvalue weighted by Gasteiger charge is -2.20. The second-order valence-corrected chi connectivity index (χ2v) is 7.12. The number of ether oxygens (including phenoxy) is 2. The van der Waals surface area contributed by atoms with Crippen LogP contribution in [0.4, 0.5) is 10.5 Å². The molecule has 0 aromatic heterocycles. The van der Waals surface area contributed by atoms with Gasteiger partial charge in [0.05, 0.1) is 14.2 Å². The van der Waals surface area contributed by atoms with Crippen LogP contribution in [0.3, 0.4) is 0 Å². The number of hydrogen-bond acceptors (Lipinski definition) is 3. The second-order valence-electron chi connectivity index (χ2n) is 6.21. The molecule has 0 bridgehead atoms. The molecule has 6 heteroatoms. The first kappa shape index (κ1) is 20.1. The minimum absolute atomic E-state index is 0.126. The Morgan fingerprint density at radius 1 is 1.08 bits per heavy atom. The summed E-state index contributed by atoms with van der Waals surface area (Å²) in [7, 11) is 5.02. The zero-order valence-corrected chi connectivity index (χ0v) is 17.4. The summed E-state index contributed by atoms with van der Waals surface area (Å²) in [5.41, 5.74) is 3.99. The van der Waals surface area contributed by atoms with E-state index in [0.29, 0.717) is 18.0 Å². The largest absolute Gasteiger partial charge is 0.493 e. The van der Waals surface area contributed by atoms with Crippen molar-refractivity contribution in [1.29, 1.82) is 0 Å². The molecule has 0 atom stereocenters. The summed E-state index contributed by atoms with van der Waals surface area (Å²) >= 11 is 3.47. The van der Waals surface area contributed by atoms with Crippen LogP contribution in [0.15, 0.2) is 34.8 Å². The van der Waals surface area contributed by atoms with Gasteiger partial charge in [-0.05, 0) is 61.2 Å². The number of halogens is 1. The highest BCUT2D eigenvalue weighted by Crippen LogP contribution is 2.28. The van der Waals surface area contributed by atoms with Crippen LogP contribution < -0.4 is 14.8 Å². The van der Waals surface area contributed by atoms with E-state index >= 15 is 0 Å². The molecule has 0 aliphatic heterocycles. The number of anilines is 1. The Bertz CT molecular complexity index is 770. The minimum Gasteiger partial charge on any atom is -0.493 e. The summed E-state index contributed by atoms with van der Waals surface area (Å²) in [6, 6.07) is 9.66. The summed E-state index contributed by atoms with van der Waals surface area (Å²) in [5, 5.41) is 3.00. The monoisotopic (exact) mass is 420 g/mol. The van der Waals surface area contributed by atoms with Gasteiger partial charge in [0, 0.05) is 23.8 Å². The standard InChI is InChI=1S/C20H25BrN2O3/c1-13-10-16(21)11-14(2)19(13)22-20(24)23(3)9-8-15-6-7-17(25-4)18(12-15)26-5/h6-7,10-12H,8-9H2,1-5H3,(H,22,24). The van der Waals surface area contributed by atoms with Gasteiger partial charge in [-0.1, -0.05) is 22.0 Å². The molecule has 0 aliphatic carbocycles. The molecule has 2 aromatic carbocycles. The lowest BCUT2D eigenvalue weighted by Crippen LogP contribution is -2.33. The van der Waals surface area contributed by atoms with E-state index in [0.717, 1.165) is 33.3 Å². The normalized spacial score (nSPS) is 10.4. The number of rotatable bonds is 6. The van der Waals surface area contributed by atoms with Crippen molar-refractivity contribution in [2.24, 2.45) is 0 Å². The van der Waals surface area contributed by atoms with Crippen LogP contribution in [0.2, 0.25) is 0 Å². The molecule has 1 N–H and O–H groups in total. The first-order valence-electron chi connectivity index (χ1n) is 8.35. The SMILES string of the molecule is COc1ccc(CCN(C)C(=O)Nc2c(C)cc(Br)cc2C)cc1OC. The van der Waals surface area contributed by atoms with Crippen LogP contribution >= 0.6 is 15.9 Å². The Balaban J connectivity index is 2.00. The number of benzene rings is 2. The third-order valence-corrected chi connectivity index (χ3v) is 4.72. The number of nitrogens with one attached hydrogen (secondary N) is 1. The van der Waals surface area contributed by atoms with Gasteiger partial charge in [0.25, 0.3) is 0 Å². The summed E-state index contributed by atoms with van der Waals surface area (Å²) in [4.78, 5) is 14.2. The average molecular weight is 421 g/mol. The van der Waals surface area contributed by atoms with Gasteiger partial charge in [-0.3, -0.25) is 0 Å². The highest BCUT2D eigenvalue weighted by Gasteiger charge is 2.13. The first-order valence-corrected chi connectivity index (χ1v) is 9.14. The van der Waals surface area contributed by atoms with E-state index in [-0.39, 0.29) is 6.03 Å². The fourth-order valence-corrected chi connectivity index (χ4v) is 3.43. The van der Waals surface area contributed by atoms with Crippen molar-refractivity contribution in [1.82, 2.24) is 4.90 Å². The van der Waals surface area contributed by atoms with Gasteiger partial charge in [0.2, 0.25) is 0 Å². The van der Waals surface area contributed by atoms with Crippen LogP contribution in [-0.4, -0.2) is 38.7 Å². The number of aryl methyl sites for hydroxylation is 2. The van der Waals surface area contributed by atoms with E-state index in [4.69, 9.17) is 9.47 Å². The van der Waals surface area contributed by atoms with Gasteiger partial charge in [-0.15, -0.1) is 0 Å². The Morgan fingerprint density at radius 2 is 1.69 bits per heavy atom. The number of carbonyl (C=O) groups is 1. The molecule has 2 amide bonds. The van der Waals surface area contributed by atoms with Crippen molar-refractivity contribution < 1.29 is 14.3 Å². The number of nitrogens with zero attached hydrogens (tertiary/aromatic N) is 1. The molecular weight excluding hydrogens is 396 g/mol. The van der Waals surface area contributed by atoms with Crippen LogP contribution in [0, 0.1) is 13.8 Å². The number of urea groups is 1. The van der Waals surface area contributed by atoms with Gasteiger partial charge in [0.15, 0.2) is 11.5 Å². The van der Waals surface area contributed by atoms with Gasteiger partial charge in [-0.25, -0.2) is 4.79 Å². The molecule has 5 nitrogen and oxygen atoms in total. The molecule has 0 spiro atoms. The molecule has 0 radical (unpaired) electrons. The predicted octanol–water partition coefficient (Wildman–Crippen LogP) is 4.79. The van der Waals surface area contributed by atoms with E-state index in [1.807, 2.05) is 44.2 Å². The van der Waals surface area contributed by atoms with Gasteiger partial charge >= 0.3 is 6.03 Å². The molecule has 0 saturated carbocycles. The van der Waals surface area contributed by atoms with Gasteiger partial charge in [0.1, 0.15) is 0 Å². The molecule has 0 fully saturated rings. The maximum Gasteiger partial charge on any atom is 0.321 e. The van der Waals surface area contributed by atoms with Crippen LogP contribution in [0.25, 0.3) is 0 Å². The lowest BCUT2D eigenvalue weighted by atomic mass is 10.1. The number of methoxy groups -OCH3 is 2. The predicted molar refractivity (Wildman–Crippen MR) is 109 cm³/mol. The van der Waals surface area contributed by atoms with Crippen molar-refractivity contribution in [2.45, 2.75) is 20.3 Å². The Kier molecular flexibility index (Phi) is 6.91. The zero-order valence-electron chi connectivity index (χ0n) is 15.9. The number of carbonyl (C=O) groups excluding carboxylic acids is 1. The lowest BCUT2D eigenvalue weighted by molar-refractivity contribution is 0.223. The highest BCUT2D eigenvalue weighted by atomic mass is 79.9. The number of hydrogen-bond donors (Lipinski definition) is 1. The van der Waals surface area contributed by atoms with Crippen molar-refractivity contribution >= 4 is 27.6 Å². The Morgan fingerprint density at radius 3 is 2.27 bits per heavy atom. The van der Waals surface area contributed by atoms with Crippen LogP contribution in [0.5, 0.6) is 11.5 Å². The van der Waals surface area contributed by atoms with Crippen molar-refractivity contribution in [3.8, 4) is 11.5 Å². The van der Waals surface area contributed by atoms with Gasteiger partial charge in [-0.2, -0.15) is 0 Å². The van der Waals surface area contributed by atoms with Gasteiger partial charge < -0.3 is 19.7 Å². The molecule has 0 aliphatic rings. The molecule has 2 rings (SSSR count). The van der Waals surface area contributed by atoms with E-state index in [2.05, 4.69) is 21.2 Å². The van der Waals surface area contributed by atoms with E-state index in [1.54, 1.807) is 26.2 Å². The van der Waals surface area contributed by atoms with E-state index in [1.165, 1.54) is 0 Å². The topological polar surface area (TPSA) is 50.8 Å². The fraction of sp³-hybridized carbons (Fsp3) is 0.350. The fourth-order valence-electron chi connectivity index (χ4n) is 2.74. The van der Waals surface area contributed by atoms with Crippen LogP contribution in [0.1, 0.15) is 16.7 Å². The maximum absolute atomic E-state index is 12.5. The third kappa shape index (κ3) is 4.91. The molecule has 0 saturated heterocycles. The summed E-state index contributed by atoms with van der Waals surface area (Å²) in [5.74, 6) is 1.39. The third-order valence-electron chi connectivity index (χ3n) is 4.26. The average Bonchev–Trinajstić information content (AvgIpc) is 2.61. The second kappa shape index (κ2) is 8.94. The van der Waals surface area contributed by atoms with Crippen molar-refractivity contribution in [3.05, 3.63) is 51.5 Å². The smallest absolute Gasteiger partial charge is 0.321 e. The Labute approximate surface area is 163 Å². The summed E-state index contributed by atoms with van der Waals surface area (Å²) in [6.07, 6.45) is 0.725. The molecule has 140 valence electrons. The molecule has 2 aromatic rings. The van der Waals surface area contributed by atoms with Crippen molar-refractivity contribution in [2.75, 3.05) is 33.1 Å². The minimum atomic E-state index is -0.126. The van der Waals surface area contributed by atoms with E-state index < -0.39 is 0 Å². The molecule has 0 heterocycles. The van der Waals surface area contributed by atoms with E-state index in [9.17, 15) is 4.79 Å². The quantitative estimate of drug-likeness (QED) is 0.730. The Hall–Kier alpha value is -2.21.